The van der Waals surface area contributed by atoms with E-state index >= 15 is 0 Å². The molecule has 0 aliphatic carbocycles. The van der Waals surface area contributed by atoms with E-state index in [-0.39, 0.29) is 18.1 Å². The molecule has 120 valence electrons. The van der Waals surface area contributed by atoms with Crippen molar-refractivity contribution in [2.75, 3.05) is 0 Å². The standard InChI is InChI=1S/C17H16Cl2N2O2/c18-12-5-14(19)13(16(22)6-12)7-15(20)17(23)21-8-10-3-1-2-4-11(10)9-21/h1-6,15,22H,7-9,20H2. The van der Waals surface area contributed by atoms with Crippen molar-refractivity contribution in [2.24, 2.45) is 5.73 Å². The Hall–Kier alpha value is -1.75. The fourth-order valence-electron chi connectivity index (χ4n) is 2.82. The molecule has 0 saturated carbocycles. The SMILES string of the molecule is NC(Cc1c(O)cc(Cl)cc1Cl)C(=O)N1Cc2ccccc2C1. The van der Waals surface area contributed by atoms with Crippen molar-refractivity contribution in [1.29, 1.82) is 0 Å². The number of phenols is 1. The fourth-order valence-corrected chi connectivity index (χ4v) is 3.38. The molecule has 1 aliphatic heterocycles. The molecular formula is C17H16Cl2N2O2. The molecule has 1 amide bonds. The van der Waals surface area contributed by atoms with E-state index in [1.165, 1.54) is 12.1 Å². The summed E-state index contributed by atoms with van der Waals surface area (Å²) in [5.41, 5.74) is 8.76. The number of benzene rings is 2. The molecule has 0 spiro atoms. The molecule has 0 saturated heterocycles. The zero-order chi connectivity index (χ0) is 16.6. The smallest absolute Gasteiger partial charge is 0.240 e. The third-order valence-electron chi connectivity index (χ3n) is 4.03. The van der Waals surface area contributed by atoms with Gasteiger partial charge in [-0.25, -0.2) is 0 Å². The summed E-state index contributed by atoms with van der Waals surface area (Å²) in [4.78, 5) is 14.3. The first-order valence-electron chi connectivity index (χ1n) is 7.23. The third kappa shape index (κ3) is 3.29. The summed E-state index contributed by atoms with van der Waals surface area (Å²) in [6.07, 6.45) is 0.160. The number of phenolic OH excluding ortho intramolecular Hbond substituents is 1. The fraction of sp³-hybridized carbons (Fsp3) is 0.235. The van der Waals surface area contributed by atoms with Gasteiger partial charge < -0.3 is 15.7 Å². The van der Waals surface area contributed by atoms with Crippen molar-refractivity contribution < 1.29 is 9.90 Å². The van der Waals surface area contributed by atoms with Crippen LogP contribution in [-0.4, -0.2) is 22.0 Å². The van der Waals surface area contributed by atoms with E-state index in [1.54, 1.807) is 4.90 Å². The molecule has 0 radical (unpaired) electrons. The van der Waals surface area contributed by atoms with Crippen LogP contribution in [0.2, 0.25) is 10.0 Å². The number of hydrogen-bond acceptors (Lipinski definition) is 3. The van der Waals surface area contributed by atoms with Crippen LogP contribution in [0.4, 0.5) is 0 Å². The number of amides is 1. The van der Waals surface area contributed by atoms with Crippen LogP contribution in [0.15, 0.2) is 36.4 Å². The lowest BCUT2D eigenvalue weighted by atomic mass is 10.0. The van der Waals surface area contributed by atoms with Crippen molar-refractivity contribution >= 4 is 29.1 Å². The van der Waals surface area contributed by atoms with E-state index in [4.69, 9.17) is 28.9 Å². The molecule has 3 N–H and O–H groups in total. The van der Waals surface area contributed by atoms with E-state index in [0.29, 0.717) is 28.7 Å². The number of rotatable bonds is 3. The van der Waals surface area contributed by atoms with Gasteiger partial charge in [-0.05, 0) is 23.3 Å². The highest BCUT2D eigenvalue weighted by Crippen LogP contribution is 2.31. The normalized spacial score (nSPS) is 14.7. The lowest BCUT2D eigenvalue weighted by Gasteiger charge is -2.21. The Morgan fingerprint density at radius 1 is 1.22 bits per heavy atom. The van der Waals surface area contributed by atoms with Gasteiger partial charge in [0.05, 0.1) is 6.04 Å². The lowest BCUT2D eigenvalue weighted by Crippen LogP contribution is -2.42. The molecule has 1 heterocycles. The number of aromatic hydroxyl groups is 1. The molecule has 1 unspecified atom stereocenters. The zero-order valence-electron chi connectivity index (χ0n) is 12.3. The highest BCUT2D eigenvalue weighted by molar-refractivity contribution is 6.35. The van der Waals surface area contributed by atoms with Crippen LogP contribution in [0.5, 0.6) is 5.75 Å². The van der Waals surface area contributed by atoms with Gasteiger partial charge in [-0.15, -0.1) is 0 Å². The van der Waals surface area contributed by atoms with Gasteiger partial charge >= 0.3 is 0 Å². The molecule has 3 rings (SSSR count). The van der Waals surface area contributed by atoms with E-state index in [9.17, 15) is 9.90 Å². The Bertz CT molecular complexity index is 716. The lowest BCUT2D eigenvalue weighted by molar-refractivity contribution is -0.133. The van der Waals surface area contributed by atoms with Gasteiger partial charge in [-0.2, -0.15) is 0 Å². The van der Waals surface area contributed by atoms with Crippen molar-refractivity contribution in [1.82, 2.24) is 4.90 Å². The van der Waals surface area contributed by atoms with Gasteiger partial charge in [0.25, 0.3) is 0 Å². The number of hydrogen-bond donors (Lipinski definition) is 2. The third-order valence-corrected chi connectivity index (χ3v) is 4.59. The van der Waals surface area contributed by atoms with Crippen LogP contribution in [0.3, 0.4) is 0 Å². The minimum Gasteiger partial charge on any atom is -0.508 e. The Balaban J connectivity index is 1.72. The Labute approximate surface area is 144 Å². The monoisotopic (exact) mass is 350 g/mol. The molecule has 0 aromatic heterocycles. The average Bonchev–Trinajstić information content (AvgIpc) is 2.93. The molecule has 0 bridgehead atoms. The highest BCUT2D eigenvalue weighted by atomic mass is 35.5. The number of carbonyl (C=O) groups is 1. The second kappa shape index (κ2) is 6.40. The van der Waals surface area contributed by atoms with Gasteiger partial charge in [0.1, 0.15) is 5.75 Å². The summed E-state index contributed by atoms with van der Waals surface area (Å²) in [6, 6.07) is 10.1. The zero-order valence-corrected chi connectivity index (χ0v) is 13.8. The average molecular weight is 351 g/mol. The summed E-state index contributed by atoms with van der Waals surface area (Å²) >= 11 is 11.9. The summed E-state index contributed by atoms with van der Waals surface area (Å²) in [5.74, 6) is -0.206. The first-order valence-corrected chi connectivity index (χ1v) is 7.99. The number of halogens is 2. The maximum atomic E-state index is 12.6. The van der Waals surface area contributed by atoms with Crippen molar-refractivity contribution in [3.8, 4) is 5.75 Å². The number of nitrogens with two attached hydrogens (primary N) is 1. The summed E-state index contributed by atoms with van der Waals surface area (Å²) in [6.45, 7) is 1.12. The number of nitrogens with zero attached hydrogens (tertiary/aromatic N) is 1. The van der Waals surface area contributed by atoms with Crippen molar-refractivity contribution in [2.45, 2.75) is 25.6 Å². The van der Waals surface area contributed by atoms with Crippen LogP contribution in [0, 0.1) is 0 Å². The van der Waals surface area contributed by atoms with Gasteiger partial charge in [0.15, 0.2) is 0 Å². The molecule has 2 aromatic carbocycles. The molecule has 0 fully saturated rings. The first-order chi connectivity index (χ1) is 11.0. The van der Waals surface area contributed by atoms with Gasteiger partial charge in [0.2, 0.25) is 5.91 Å². The summed E-state index contributed by atoms with van der Waals surface area (Å²) in [5, 5.41) is 10.6. The Morgan fingerprint density at radius 2 is 1.83 bits per heavy atom. The van der Waals surface area contributed by atoms with Crippen molar-refractivity contribution in [3.63, 3.8) is 0 Å². The molecule has 1 aliphatic rings. The van der Waals surface area contributed by atoms with Crippen LogP contribution in [0.25, 0.3) is 0 Å². The predicted octanol–water partition coefficient (Wildman–Crippen LogP) is 3.11. The summed E-state index contributed by atoms with van der Waals surface area (Å²) in [7, 11) is 0. The minimum absolute atomic E-state index is 0.0459. The van der Waals surface area contributed by atoms with E-state index in [2.05, 4.69) is 0 Å². The van der Waals surface area contributed by atoms with E-state index < -0.39 is 6.04 Å². The molecule has 6 heteroatoms. The predicted molar refractivity (Wildman–Crippen MR) is 90.5 cm³/mol. The molecule has 23 heavy (non-hydrogen) atoms. The molecule has 1 atom stereocenters. The maximum Gasteiger partial charge on any atom is 0.240 e. The Morgan fingerprint density at radius 3 is 2.39 bits per heavy atom. The van der Waals surface area contributed by atoms with Gasteiger partial charge in [-0.1, -0.05) is 47.5 Å². The first kappa shape index (κ1) is 16.1. The van der Waals surface area contributed by atoms with Crippen LogP contribution >= 0.6 is 23.2 Å². The molecule has 2 aromatic rings. The second-order valence-electron chi connectivity index (χ2n) is 5.66. The van der Waals surface area contributed by atoms with Crippen LogP contribution in [-0.2, 0) is 24.3 Å². The number of carbonyl (C=O) groups excluding carboxylic acids is 1. The quantitative estimate of drug-likeness (QED) is 0.893. The van der Waals surface area contributed by atoms with Crippen molar-refractivity contribution in [3.05, 3.63) is 63.1 Å². The van der Waals surface area contributed by atoms with E-state index in [0.717, 1.165) is 11.1 Å². The van der Waals surface area contributed by atoms with Crippen LogP contribution < -0.4 is 5.73 Å². The second-order valence-corrected chi connectivity index (χ2v) is 6.50. The van der Waals surface area contributed by atoms with Gasteiger partial charge in [-0.3, -0.25) is 4.79 Å². The van der Waals surface area contributed by atoms with Gasteiger partial charge in [0, 0.05) is 35.1 Å². The molecule has 4 nitrogen and oxygen atoms in total. The van der Waals surface area contributed by atoms with E-state index in [1.807, 2.05) is 24.3 Å². The summed E-state index contributed by atoms with van der Waals surface area (Å²) < 4.78 is 0. The Kier molecular flexibility index (Phi) is 4.48. The molecular weight excluding hydrogens is 335 g/mol. The largest absolute Gasteiger partial charge is 0.508 e. The maximum absolute atomic E-state index is 12.6. The van der Waals surface area contributed by atoms with Crippen LogP contribution in [0.1, 0.15) is 16.7 Å². The topological polar surface area (TPSA) is 66.6 Å². The number of fused-ring (bicyclic) bond motifs is 1. The minimum atomic E-state index is -0.770. The highest BCUT2D eigenvalue weighted by Gasteiger charge is 2.28.